The molecule has 1 unspecified atom stereocenters. The van der Waals surface area contributed by atoms with Crippen LogP contribution in [0.1, 0.15) is 25.3 Å². The van der Waals surface area contributed by atoms with Crippen molar-refractivity contribution in [1.82, 2.24) is 5.32 Å². The quantitative estimate of drug-likeness (QED) is 0.748. The summed E-state index contributed by atoms with van der Waals surface area (Å²) in [5.74, 6) is 1.24. The average molecular weight is 270 g/mol. The van der Waals surface area contributed by atoms with Gasteiger partial charge in [0.25, 0.3) is 0 Å². The SMILES string of the molecule is CCC(CCCl)CNC(=O)Cc1cccc(O)c1. The van der Waals surface area contributed by atoms with Crippen molar-refractivity contribution in [2.24, 2.45) is 5.92 Å². The minimum atomic E-state index is -0.0198. The van der Waals surface area contributed by atoms with Crippen molar-refractivity contribution in [3.63, 3.8) is 0 Å². The van der Waals surface area contributed by atoms with Crippen molar-refractivity contribution in [3.8, 4) is 5.75 Å². The molecule has 0 saturated heterocycles. The topological polar surface area (TPSA) is 49.3 Å². The molecular weight excluding hydrogens is 250 g/mol. The van der Waals surface area contributed by atoms with Gasteiger partial charge >= 0.3 is 0 Å². The second-order valence-electron chi connectivity index (χ2n) is 4.40. The third-order valence-corrected chi connectivity index (χ3v) is 3.18. The average Bonchev–Trinajstić information content (AvgIpc) is 2.34. The molecule has 0 aliphatic rings. The maximum atomic E-state index is 11.7. The molecule has 0 fully saturated rings. The Balaban J connectivity index is 2.37. The Morgan fingerprint density at radius 3 is 2.89 bits per heavy atom. The number of nitrogens with one attached hydrogen (secondary N) is 1. The van der Waals surface area contributed by atoms with E-state index >= 15 is 0 Å². The molecular formula is C14H20ClNO2. The lowest BCUT2D eigenvalue weighted by Gasteiger charge is -2.14. The van der Waals surface area contributed by atoms with Crippen LogP contribution >= 0.6 is 11.6 Å². The van der Waals surface area contributed by atoms with Gasteiger partial charge in [-0.25, -0.2) is 0 Å². The predicted octanol–water partition coefficient (Wildman–Crippen LogP) is 2.71. The third-order valence-electron chi connectivity index (χ3n) is 2.96. The second-order valence-corrected chi connectivity index (χ2v) is 4.78. The molecule has 1 rings (SSSR count). The van der Waals surface area contributed by atoms with E-state index in [1.807, 2.05) is 6.07 Å². The summed E-state index contributed by atoms with van der Waals surface area (Å²) in [7, 11) is 0. The summed E-state index contributed by atoms with van der Waals surface area (Å²) in [4.78, 5) is 11.7. The molecule has 1 aromatic carbocycles. The van der Waals surface area contributed by atoms with Crippen LogP contribution in [0.25, 0.3) is 0 Å². The first-order valence-electron chi connectivity index (χ1n) is 6.26. The highest BCUT2D eigenvalue weighted by Gasteiger charge is 2.08. The highest BCUT2D eigenvalue weighted by molar-refractivity contribution is 6.17. The monoisotopic (exact) mass is 269 g/mol. The number of rotatable bonds is 7. The minimum Gasteiger partial charge on any atom is -0.508 e. The standard InChI is InChI=1S/C14H20ClNO2/c1-2-11(6-7-15)10-16-14(18)9-12-4-3-5-13(17)8-12/h3-5,8,11,17H,2,6-7,9-10H2,1H3,(H,16,18). The number of hydrogen-bond donors (Lipinski definition) is 2. The van der Waals surface area contributed by atoms with E-state index < -0.39 is 0 Å². The molecule has 0 aromatic heterocycles. The lowest BCUT2D eigenvalue weighted by molar-refractivity contribution is -0.120. The van der Waals surface area contributed by atoms with E-state index in [4.69, 9.17) is 11.6 Å². The van der Waals surface area contributed by atoms with Gasteiger partial charge in [0.1, 0.15) is 5.75 Å². The Morgan fingerprint density at radius 2 is 2.28 bits per heavy atom. The van der Waals surface area contributed by atoms with Crippen LogP contribution in [0.3, 0.4) is 0 Å². The van der Waals surface area contributed by atoms with Gasteiger partial charge in [0.05, 0.1) is 6.42 Å². The molecule has 0 heterocycles. The zero-order valence-electron chi connectivity index (χ0n) is 10.7. The van der Waals surface area contributed by atoms with Gasteiger partial charge < -0.3 is 10.4 Å². The molecule has 0 spiro atoms. The fraction of sp³-hybridized carbons (Fsp3) is 0.500. The number of alkyl halides is 1. The summed E-state index contributed by atoms with van der Waals surface area (Å²) in [6.45, 7) is 2.76. The van der Waals surface area contributed by atoms with Gasteiger partial charge in [0.2, 0.25) is 5.91 Å². The Morgan fingerprint density at radius 1 is 1.50 bits per heavy atom. The van der Waals surface area contributed by atoms with Crippen LogP contribution in [-0.4, -0.2) is 23.4 Å². The van der Waals surface area contributed by atoms with E-state index in [9.17, 15) is 9.90 Å². The van der Waals surface area contributed by atoms with Crippen LogP contribution < -0.4 is 5.32 Å². The first kappa shape index (κ1) is 14.8. The molecule has 0 aliphatic heterocycles. The van der Waals surface area contributed by atoms with Crippen molar-refractivity contribution < 1.29 is 9.90 Å². The van der Waals surface area contributed by atoms with Crippen molar-refractivity contribution in [1.29, 1.82) is 0 Å². The van der Waals surface area contributed by atoms with Gasteiger partial charge in [-0.1, -0.05) is 25.5 Å². The number of amides is 1. The summed E-state index contributed by atoms with van der Waals surface area (Å²) in [6.07, 6.45) is 2.23. The van der Waals surface area contributed by atoms with E-state index in [1.165, 1.54) is 0 Å². The summed E-state index contributed by atoms with van der Waals surface area (Å²) in [5, 5.41) is 12.2. The van der Waals surface area contributed by atoms with Gasteiger partial charge in [0.15, 0.2) is 0 Å². The molecule has 1 amide bonds. The first-order valence-corrected chi connectivity index (χ1v) is 6.79. The summed E-state index contributed by atoms with van der Waals surface area (Å²) >= 11 is 5.70. The van der Waals surface area contributed by atoms with Gasteiger partial charge in [-0.2, -0.15) is 0 Å². The number of carbonyl (C=O) groups is 1. The molecule has 0 aliphatic carbocycles. The summed E-state index contributed by atoms with van der Waals surface area (Å²) in [6, 6.07) is 6.76. The van der Waals surface area contributed by atoms with E-state index in [1.54, 1.807) is 18.2 Å². The smallest absolute Gasteiger partial charge is 0.224 e. The van der Waals surface area contributed by atoms with Crippen LogP contribution in [0.2, 0.25) is 0 Å². The van der Waals surface area contributed by atoms with Crippen molar-refractivity contribution in [3.05, 3.63) is 29.8 Å². The van der Waals surface area contributed by atoms with Crippen LogP contribution in [-0.2, 0) is 11.2 Å². The number of benzene rings is 1. The molecule has 4 heteroatoms. The number of carbonyl (C=O) groups excluding carboxylic acids is 1. The fourth-order valence-corrected chi connectivity index (χ4v) is 2.09. The molecule has 0 bridgehead atoms. The van der Waals surface area contributed by atoms with Gasteiger partial charge in [-0.05, 0) is 30.0 Å². The number of phenolic OH excluding ortho intramolecular Hbond substituents is 1. The van der Waals surface area contributed by atoms with Gasteiger partial charge in [-0.3, -0.25) is 4.79 Å². The predicted molar refractivity (Wildman–Crippen MR) is 73.9 cm³/mol. The number of hydrogen-bond acceptors (Lipinski definition) is 2. The summed E-state index contributed by atoms with van der Waals surface area (Å²) in [5.41, 5.74) is 0.817. The largest absolute Gasteiger partial charge is 0.508 e. The maximum Gasteiger partial charge on any atom is 0.224 e. The lowest BCUT2D eigenvalue weighted by Crippen LogP contribution is -2.30. The third kappa shape index (κ3) is 5.41. The van der Waals surface area contributed by atoms with Crippen LogP contribution in [0.4, 0.5) is 0 Å². The minimum absolute atomic E-state index is 0.0198. The van der Waals surface area contributed by atoms with Crippen molar-refractivity contribution in [2.45, 2.75) is 26.2 Å². The molecule has 100 valence electrons. The molecule has 0 radical (unpaired) electrons. The highest BCUT2D eigenvalue weighted by atomic mass is 35.5. The molecule has 3 nitrogen and oxygen atoms in total. The molecule has 2 N–H and O–H groups in total. The Kier molecular flexibility index (Phi) is 6.58. The van der Waals surface area contributed by atoms with Crippen LogP contribution in [0, 0.1) is 5.92 Å². The fourth-order valence-electron chi connectivity index (χ4n) is 1.78. The highest BCUT2D eigenvalue weighted by Crippen LogP contribution is 2.11. The Hall–Kier alpha value is -1.22. The summed E-state index contributed by atoms with van der Waals surface area (Å²) < 4.78 is 0. The number of phenols is 1. The van der Waals surface area contributed by atoms with E-state index in [-0.39, 0.29) is 11.7 Å². The van der Waals surface area contributed by atoms with Gasteiger partial charge in [0, 0.05) is 12.4 Å². The van der Waals surface area contributed by atoms with Crippen LogP contribution in [0.5, 0.6) is 5.75 Å². The normalized spacial score (nSPS) is 12.1. The van der Waals surface area contributed by atoms with E-state index in [0.717, 1.165) is 18.4 Å². The molecule has 0 saturated carbocycles. The van der Waals surface area contributed by atoms with Crippen molar-refractivity contribution in [2.75, 3.05) is 12.4 Å². The number of aromatic hydroxyl groups is 1. The number of halogens is 1. The zero-order chi connectivity index (χ0) is 13.4. The second kappa shape index (κ2) is 7.98. The van der Waals surface area contributed by atoms with E-state index in [2.05, 4.69) is 12.2 Å². The molecule has 1 atom stereocenters. The lowest BCUT2D eigenvalue weighted by atomic mass is 10.0. The molecule has 18 heavy (non-hydrogen) atoms. The molecule has 1 aromatic rings. The Labute approximate surface area is 113 Å². The van der Waals surface area contributed by atoms with Crippen molar-refractivity contribution >= 4 is 17.5 Å². The van der Waals surface area contributed by atoms with E-state index in [0.29, 0.717) is 24.8 Å². The van der Waals surface area contributed by atoms with Gasteiger partial charge in [-0.15, -0.1) is 11.6 Å². The van der Waals surface area contributed by atoms with Crippen LogP contribution in [0.15, 0.2) is 24.3 Å². The first-order chi connectivity index (χ1) is 8.65. The maximum absolute atomic E-state index is 11.7. The zero-order valence-corrected chi connectivity index (χ0v) is 11.4. The Bertz CT molecular complexity index is 382.